The number of hydrogen-bond donors (Lipinski definition) is 2. The Morgan fingerprint density at radius 3 is 2.26 bits per heavy atom. The van der Waals surface area contributed by atoms with Crippen LogP contribution in [0.4, 0.5) is 4.79 Å². The monoisotopic (exact) mass is 416 g/mol. The number of halogens is 2. The summed E-state index contributed by atoms with van der Waals surface area (Å²) in [6, 6.07) is 2.13. The first-order valence-corrected chi connectivity index (χ1v) is 9.42. The molecule has 148 valence electrons. The van der Waals surface area contributed by atoms with Crippen LogP contribution in [-0.4, -0.2) is 37.2 Å². The van der Waals surface area contributed by atoms with Crippen LogP contribution in [0.1, 0.15) is 49.4 Å². The zero-order valence-corrected chi connectivity index (χ0v) is 16.7. The molecule has 0 unspecified atom stereocenters. The van der Waals surface area contributed by atoms with E-state index >= 15 is 0 Å². The van der Waals surface area contributed by atoms with Crippen LogP contribution in [0.3, 0.4) is 0 Å². The van der Waals surface area contributed by atoms with Crippen LogP contribution in [0.15, 0.2) is 12.1 Å². The molecule has 1 aromatic carbocycles. The summed E-state index contributed by atoms with van der Waals surface area (Å²) in [6.07, 6.45) is 3.88. The fraction of sp³-hybridized carbons (Fsp3) is 0.500. The maximum atomic E-state index is 12.2. The number of urea groups is 1. The summed E-state index contributed by atoms with van der Waals surface area (Å²) in [5.74, 6) is -1.28. The number of nitrogens with one attached hydrogen (secondary N) is 2. The first-order valence-electron chi connectivity index (χ1n) is 8.67. The molecule has 1 aromatic rings. The van der Waals surface area contributed by atoms with Crippen molar-refractivity contribution in [2.24, 2.45) is 0 Å². The topological polar surface area (TPSA) is 93.7 Å². The molecule has 0 heterocycles. The third kappa shape index (κ3) is 6.01. The van der Waals surface area contributed by atoms with Gasteiger partial charge in [-0.2, -0.15) is 0 Å². The lowest BCUT2D eigenvalue weighted by molar-refractivity contribution is -0.127. The summed E-state index contributed by atoms with van der Waals surface area (Å²) in [4.78, 5) is 36.2. The molecule has 1 aliphatic rings. The van der Waals surface area contributed by atoms with Crippen LogP contribution in [0.2, 0.25) is 10.0 Å². The second-order valence-corrected chi connectivity index (χ2v) is 7.13. The minimum absolute atomic E-state index is 0.0630. The lowest BCUT2D eigenvalue weighted by Crippen LogP contribution is -2.48. The molecule has 7 nitrogen and oxygen atoms in total. The van der Waals surface area contributed by atoms with E-state index < -0.39 is 24.0 Å². The number of ether oxygens (including phenoxy) is 2. The van der Waals surface area contributed by atoms with Crippen LogP contribution < -0.4 is 15.4 Å². The van der Waals surface area contributed by atoms with E-state index in [0.717, 1.165) is 32.1 Å². The molecule has 1 fully saturated rings. The fourth-order valence-electron chi connectivity index (χ4n) is 2.84. The zero-order chi connectivity index (χ0) is 20.0. The van der Waals surface area contributed by atoms with Gasteiger partial charge in [-0.1, -0.05) is 42.5 Å². The number of carbonyl (C=O) groups excluding carboxylic acids is 3. The third-order valence-corrected chi connectivity index (χ3v) is 4.83. The van der Waals surface area contributed by atoms with Crippen LogP contribution in [0.5, 0.6) is 5.75 Å². The van der Waals surface area contributed by atoms with Crippen LogP contribution >= 0.6 is 23.2 Å². The molecule has 9 heteroatoms. The molecular formula is C18H22Cl2N2O5. The van der Waals surface area contributed by atoms with E-state index in [-0.39, 0.29) is 27.4 Å². The average Bonchev–Trinajstić information content (AvgIpc) is 2.62. The molecule has 0 spiro atoms. The highest BCUT2D eigenvalue weighted by molar-refractivity contribution is 6.37. The van der Waals surface area contributed by atoms with Crippen molar-refractivity contribution in [2.45, 2.75) is 51.2 Å². The lowest BCUT2D eigenvalue weighted by Gasteiger charge is -2.23. The van der Waals surface area contributed by atoms with Crippen molar-refractivity contribution < 1.29 is 23.9 Å². The molecule has 2 N–H and O–H groups in total. The van der Waals surface area contributed by atoms with Gasteiger partial charge in [0.25, 0.3) is 5.91 Å². The molecular weight excluding hydrogens is 395 g/mol. The Morgan fingerprint density at radius 2 is 1.70 bits per heavy atom. The molecule has 27 heavy (non-hydrogen) atoms. The molecule has 0 radical (unpaired) electrons. The van der Waals surface area contributed by atoms with Gasteiger partial charge in [-0.15, -0.1) is 0 Å². The summed E-state index contributed by atoms with van der Waals surface area (Å²) in [5, 5.41) is 5.22. The van der Waals surface area contributed by atoms with Gasteiger partial charge < -0.3 is 14.8 Å². The van der Waals surface area contributed by atoms with Crippen molar-refractivity contribution in [2.75, 3.05) is 7.11 Å². The van der Waals surface area contributed by atoms with E-state index in [0.29, 0.717) is 0 Å². The number of rotatable bonds is 5. The van der Waals surface area contributed by atoms with Crippen LogP contribution in [0, 0.1) is 0 Å². The first kappa shape index (κ1) is 21.3. The van der Waals surface area contributed by atoms with Crippen molar-refractivity contribution in [3.63, 3.8) is 0 Å². The summed E-state index contributed by atoms with van der Waals surface area (Å²) >= 11 is 12.0. The molecule has 0 saturated heterocycles. The maximum Gasteiger partial charge on any atom is 0.339 e. The standard InChI is InChI=1S/C18H22Cl2N2O5/c1-10(16(23)22-18(25)21-12-6-4-3-5-7-12)27-17(24)11-8-13(19)15(26-2)14(20)9-11/h8-10,12H,3-7H2,1-2H3,(H2,21,22,23,25)/t10-/m0/s1. The largest absolute Gasteiger partial charge is 0.494 e. The highest BCUT2D eigenvalue weighted by atomic mass is 35.5. The predicted octanol–water partition coefficient (Wildman–Crippen LogP) is 3.71. The van der Waals surface area contributed by atoms with E-state index in [1.807, 2.05) is 0 Å². The Kier molecular flexibility index (Phi) is 7.74. The number of hydrogen-bond acceptors (Lipinski definition) is 5. The molecule has 0 bridgehead atoms. The summed E-state index contributed by atoms with van der Waals surface area (Å²) < 4.78 is 10.1. The predicted molar refractivity (Wildman–Crippen MR) is 101 cm³/mol. The number of amides is 3. The SMILES string of the molecule is COc1c(Cl)cc(C(=O)O[C@@H](C)C(=O)NC(=O)NC2CCCCC2)cc1Cl. The quantitative estimate of drug-likeness (QED) is 0.713. The summed E-state index contributed by atoms with van der Waals surface area (Å²) in [6.45, 7) is 1.37. The number of benzene rings is 1. The van der Waals surface area contributed by atoms with Gasteiger partial charge in [0, 0.05) is 6.04 Å². The van der Waals surface area contributed by atoms with Gasteiger partial charge in [-0.3, -0.25) is 10.1 Å². The van der Waals surface area contributed by atoms with Gasteiger partial charge in [0.2, 0.25) is 0 Å². The van der Waals surface area contributed by atoms with Crippen molar-refractivity contribution in [3.8, 4) is 5.75 Å². The van der Waals surface area contributed by atoms with E-state index in [4.69, 9.17) is 32.7 Å². The number of methoxy groups -OCH3 is 1. The normalized spacial score (nSPS) is 15.6. The number of imide groups is 1. The van der Waals surface area contributed by atoms with Crippen LogP contribution in [-0.2, 0) is 9.53 Å². The van der Waals surface area contributed by atoms with E-state index in [2.05, 4.69) is 10.6 Å². The van der Waals surface area contributed by atoms with Gasteiger partial charge in [-0.25, -0.2) is 9.59 Å². The van der Waals surface area contributed by atoms with Crippen molar-refractivity contribution in [1.82, 2.24) is 10.6 Å². The van der Waals surface area contributed by atoms with Crippen molar-refractivity contribution in [1.29, 1.82) is 0 Å². The molecule has 1 atom stereocenters. The second-order valence-electron chi connectivity index (χ2n) is 6.32. The Bertz CT molecular complexity index is 697. The molecule has 1 saturated carbocycles. The third-order valence-electron chi connectivity index (χ3n) is 4.27. The number of esters is 1. The van der Waals surface area contributed by atoms with Crippen molar-refractivity contribution in [3.05, 3.63) is 27.7 Å². The Hall–Kier alpha value is -1.99. The highest BCUT2D eigenvalue weighted by Gasteiger charge is 2.23. The number of carbonyl (C=O) groups is 3. The minimum atomic E-state index is -1.17. The molecule has 1 aliphatic carbocycles. The van der Waals surface area contributed by atoms with E-state index in [1.54, 1.807) is 0 Å². The molecule has 0 aliphatic heterocycles. The molecule has 0 aromatic heterocycles. The van der Waals surface area contributed by atoms with E-state index in [9.17, 15) is 14.4 Å². The highest BCUT2D eigenvalue weighted by Crippen LogP contribution is 2.34. The lowest BCUT2D eigenvalue weighted by atomic mass is 9.96. The molecule has 3 amide bonds. The van der Waals surface area contributed by atoms with Gasteiger partial charge in [-0.05, 0) is 31.9 Å². The van der Waals surface area contributed by atoms with Crippen molar-refractivity contribution >= 4 is 41.1 Å². The second kappa shape index (κ2) is 9.80. The Labute approximate surface area is 167 Å². The molecule has 2 rings (SSSR count). The zero-order valence-electron chi connectivity index (χ0n) is 15.1. The fourth-order valence-corrected chi connectivity index (χ4v) is 3.48. The summed E-state index contributed by atoms with van der Waals surface area (Å²) in [7, 11) is 1.40. The van der Waals surface area contributed by atoms with Gasteiger partial charge >= 0.3 is 12.0 Å². The minimum Gasteiger partial charge on any atom is -0.494 e. The summed E-state index contributed by atoms with van der Waals surface area (Å²) in [5.41, 5.74) is 0.0668. The maximum absolute atomic E-state index is 12.2. The van der Waals surface area contributed by atoms with Crippen LogP contribution in [0.25, 0.3) is 0 Å². The average molecular weight is 417 g/mol. The Balaban J connectivity index is 1.89. The van der Waals surface area contributed by atoms with E-state index in [1.165, 1.54) is 26.2 Å². The Morgan fingerprint density at radius 1 is 1.11 bits per heavy atom. The van der Waals surface area contributed by atoms with Gasteiger partial charge in [0.1, 0.15) is 0 Å². The van der Waals surface area contributed by atoms with Gasteiger partial charge in [0.15, 0.2) is 11.9 Å². The smallest absolute Gasteiger partial charge is 0.339 e. The van der Waals surface area contributed by atoms with Gasteiger partial charge in [0.05, 0.1) is 22.7 Å². The first-order chi connectivity index (χ1) is 12.8.